The monoisotopic (exact) mass is 434 g/mol. The van der Waals surface area contributed by atoms with Gasteiger partial charge in [0.05, 0.1) is 17.3 Å². The normalized spacial score (nSPS) is 23.9. The highest BCUT2D eigenvalue weighted by Gasteiger charge is 2.52. The largest absolute Gasteiger partial charge is 0.489 e. The van der Waals surface area contributed by atoms with Gasteiger partial charge in [-0.15, -0.1) is 0 Å². The molecule has 1 aromatic carbocycles. The van der Waals surface area contributed by atoms with Crippen LogP contribution < -0.4 is 4.74 Å². The number of pyridine rings is 1. The van der Waals surface area contributed by atoms with Gasteiger partial charge in [0.15, 0.2) is 0 Å². The summed E-state index contributed by atoms with van der Waals surface area (Å²) >= 11 is 6.26. The molecule has 2 atom stereocenters. The molecule has 2 aliphatic rings. The average Bonchev–Trinajstić information content (AvgIpc) is 3.16. The van der Waals surface area contributed by atoms with Gasteiger partial charge in [-0.3, -0.25) is 9.78 Å². The third kappa shape index (κ3) is 4.15. The molecule has 6 nitrogen and oxygen atoms in total. The Hall–Kier alpha value is -2.22. The molecule has 0 bridgehead atoms. The number of carbonyl (C=O) groups excluding carboxylic acids is 1. The number of hydrogen-bond donors (Lipinski definition) is 0. The van der Waals surface area contributed by atoms with E-state index < -0.39 is 11.3 Å². The molecular weight excluding hydrogens is 411 g/mol. The Bertz CT molecular complexity index is 921. The van der Waals surface area contributed by atoms with Crippen molar-refractivity contribution in [1.82, 2.24) is 9.88 Å². The fourth-order valence-corrected chi connectivity index (χ4v) is 4.06. The van der Waals surface area contributed by atoms with Crippen LogP contribution in [-0.4, -0.2) is 54.1 Å². The Morgan fingerprint density at radius 1 is 1.40 bits per heavy atom. The van der Waals surface area contributed by atoms with Gasteiger partial charge in [-0.05, 0) is 44.2 Å². The van der Waals surface area contributed by atoms with Crippen molar-refractivity contribution in [1.29, 1.82) is 0 Å². The van der Waals surface area contributed by atoms with E-state index in [1.54, 1.807) is 29.3 Å². The first kappa shape index (κ1) is 21.0. The van der Waals surface area contributed by atoms with E-state index in [0.29, 0.717) is 30.8 Å². The molecule has 160 valence electrons. The van der Waals surface area contributed by atoms with Gasteiger partial charge in [0.1, 0.15) is 36.5 Å². The Labute approximate surface area is 179 Å². The Balaban J connectivity index is 1.47. The van der Waals surface area contributed by atoms with Crippen molar-refractivity contribution in [2.75, 3.05) is 26.5 Å². The zero-order valence-corrected chi connectivity index (χ0v) is 17.7. The van der Waals surface area contributed by atoms with E-state index in [4.69, 9.17) is 25.8 Å². The molecule has 0 unspecified atom stereocenters. The number of hydrogen-bond acceptors (Lipinski definition) is 5. The predicted molar refractivity (Wildman–Crippen MR) is 109 cm³/mol. The molecule has 1 amide bonds. The molecule has 2 aliphatic heterocycles. The van der Waals surface area contributed by atoms with Gasteiger partial charge in [-0.1, -0.05) is 17.7 Å². The third-order valence-corrected chi connectivity index (χ3v) is 5.68. The molecule has 4 rings (SSSR count). The Kier molecular flexibility index (Phi) is 5.70. The topological polar surface area (TPSA) is 60.9 Å². The number of aromatic nitrogens is 1. The second-order valence-electron chi connectivity index (χ2n) is 8.18. The third-order valence-electron chi connectivity index (χ3n) is 5.38. The van der Waals surface area contributed by atoms with Gasteiger partial charge < -0.3 is 19.1 Å². The second-order valence-corrected chi connectivity index (χ2v) is 8.58. The number of benzene rings is 1. The summed E-state index contributed by atoms with van der Waals surface area (Å²) in [5.74, 6) is 0.193. The molecule has 8 heteroatoms. The molecule has 2 aromatic rings. The molecular formula is C22H24ClFN2O4. The summed E-state index contributed by atoms with van der Waals surface area (Å²) in [5.41, 5.74) is -0.849. The molecule has 0 N–H and O–H groups in total. The lowest BCUT2D eigenvalue weighted by molar-refractivity contribution is -0.0470. The number of alkyl halides is 1. The van der Waals surface area contributed by atoms with Crippen molar-refractivity contribution in [3.05, 3.63) is 58.9 Å². The van der Waals surface area contributed by atoms with E-state index in [9.17, 15) is 9.18 Å². The summed E-state index contributed by atoms with van der Waals surface area (Å²) in [6, 6.07) is 10.5. The zero-order chi connectivity index (χ0) is 21.4. The van der Waals surface area contributed by atoms with Crippen molar-refractivity contribution in [3.8, 4) is 5.75 Å². The maximum Gasteiger partial charge on any atom is 0.254 e. The Morgan fingerprint density at radius 3 is 2.93 bits per heavy atom. The first-order chi connectivity index (χ1) is 14.3. The highest BCUT2D eigenvalue weighted by molar-refractivity contribution is 6.32. The molecule has 3 heterocycles. The molecule has 2 saturated heterocycles. The smallest absolute Gasteiger partial charge is 0.254 e. The Morgan fingerprint density at radius 2 is 2.23 bits per heavy atom. The van der Waals surface area contributed by atoms with E-state index in [2.05, 4.69) is 4.98 Å². The number of carbonyl (C=O) groups is 1. The number of rotatable bonds is 5. The zero-order valence-electron chi connectivity index (χ0n) is 16.9. The van der Waals surface area contributed by atoms with E-state index in [1.807, 2.05) is 18.2 Å². The van der Waals surface area contributed by atoms with Crippen LogP contribution in [-0.2, 0) is 15.1 Å². The number of likely N-dealkylation sites (tertiary alicyclic amines) is 1. The molecule has 30 heavy (non-hydrogen) atoms. The SMILES string of the molecule is CC(C)(F)COc1ccc(C(=O)N2CC[C@]3(c4ccccn4)OCO[C@@H]3C2)cc1Cl. The summed E-state index contributed by atoms with van der Waals surface area (Å²) in [6.45, 7) is 3.79. The van der Waals surface area contributed by atoms with E-state index in [-0.39, 0.29) is 30.4 Å². The van der Waals surface area contributed by atoms with Gasteiger partial charge in [-0.2, -0.15) is 0 Å². The highest BCUT2D eigenvalue weighted by Crippen LogP contribution is 2.42. The van der Waals surface area contributed by atoms with Gasteiger partial charge in [0.2, 0.25) is 0 Å². The van der Waals surface area contributed by atoms with Crippen molar-refractivity contribution >= 4 is 17.5 Å². The predicted octanol–water partition coefficient (Wildman–Crippen LogP) is 3.98. The summed E-state index contributed by atoms with van der Waals surface area (Å²) in [5, 5.41) is 0.269. The highest BCUT2D eigenvalue weighted by atomic mass is 35.5. The van der Waals surface area contributed by atoms with Gasteiger partial charge in [0, 0.05) is 24.7 Å². The molecule has 0 aliphatic carbocycles. The van der Waals surface area contributed by atoms with Crippen LogP contribution in [0.4, 0.5) is 4.39 Å². The fourth-order valence-electron chi connectivity index (χ4n) is 3.82. The summed E-state index contributed by atoms with van der Waals surface area (Å²) in [4.78, 5) is 19.3. The molecule has 0 radical (unpaired) electrons. The van der Waals surface area contributed by atoms with Crippen LogP contribution in [0.1, 0.15) is 36.3 Å². The lowest BCUT2D eigenvalue weighted by atomic mass is 9.85. The van der Waals surface area contributed by atoms with Gasteiger partial charge in [0.25, 0.3) is 5.91 Å². The maximum atomic E-state index is 13.7. The average molecular weight is 435 g/mol. The molecule has 1 aromatic heterocycles. The standard InChI is InChI=1S/C22H24ClFN2O4/c1-21(2,24)13-28-17-7-6-15(11-16(17)23)20(27)26-10-8-22(18-5-3-4-9-25-18)19(12-26)29-14-30-22/h3-7,9,11,19H,8,10,12-14H2,1-2H3/t19-,22-/m1/s1. The number of amides is 1. The van der Waals surface area contributed by atoms with Gasteiger partial charge in [-0.25, -0.2) is 4.39 Å². The summed E-state index contributed by atoms with van der Waals surface area (Å²) < 4.78 is 30.8. The van der Waals surface area contributed by atoms with Crippen molar-refractivity contribution < 1.29 is 23.4 Å². The number of ether oxygens (including phenoxy) is 3. The van der Waals surface area contributed by atoms with Crippen LogP contribution in [0.5, 0.6) is 5.75 Å². The number of halogens is 2. The van der Waals surface area contributed by atoms with Crippen LogP contribution in [0.15, 0.2) is 42.6 Å². The van der Waals surface area contributed by atoms with Gasteiger partial charge >= 0.3 is 0 Å². The van der Waals surface area contributed by atoms with E-state index >= 15 is 0 Å². The van der Waals surface area contributed by atoms with Crippen LogP contribution in [0, 0.1) is 0 Å². The molecule has 0 saturated carbocycles. The van der Waals surface area contributed by atoms with E-state index in [1.165, 1.54) is 13.8 Å². The first-order valence-corrected chi connectivity index (χ1v) is 10.2. The molecule has 0 spiro atoms. The first-order valence-electron chi connectivity index (χ1n) is 9.86. The van der Waals surface area contributed by atoms with Crippen LogP contribution in [0.2, 0.25) is 5.02 Å². The number of fused-ring (bicyclic) bond motifs is 1. The van der Waals surface area contributed by atoms with Crippen molar-refractivity contribution in [2.45, 2.75) is 37.6 Å². The van der Waals surface area contributed by atoms with Crippen LogP contribution in [0.25, 0.3) is 0 Å². The summed E-state index contributed by atoms with van der Waals surface area (Å²) in [6.07, 6.45) is 2.02. The van der Waals surface area contributed by atoms with Crippen LogP contribution in [0.3, 0.4) is 0 Å². The minimum Gasteiger partial charge on any atom is -0.489 e. The lowest BCUT2D eigenvalue weighted by Crippen LogP contribution is -2.53. The maximum absolute atomic E-state index is 13.7. The minimum absolute atomic E-state index is 0.124. The van der Waals surface area contributed by atoms with Crippen molar-refractivity contribution in [3.63, 3.8) is 0 Å². The fraction of sp³-hybridized carbons (Fsp3) is 0.455. The van der Waals surface area contributed by atoms with E-state index in [0.717, 1.165) is 5.69 Å². The minimum atomic E-state index is -1.48. The number of nitrogens with zero attached hydrogens (tertiary/aromatic N) is 2. The number of piperidine rings is 1. The molecule has 2 fully saturated rings. The van der Waals surface area contributed by atoms with Crippen LogP contribution >= 0.6 is 11.6 Å². The van der Waals surface area contributed by atoms with Crippen molar-refractivity contribution in [2.24, 2.45) is 0 Å². The lowest BCUT2D eigenvalue weighted by Gasteiger charge is -2.41. The second kappa shape index (κ2) is 8.13. The quantitative estimate of drug-likeness (QED) is 0.712. The summed E-state index contributed by atoms with van der Waals surface area (Å²) in [7, 11) is 0.